The Kier molecular flexibility index (Phi) is 4.54. The van der Waals surface area contributed by atoms with Gasteiger partial charge in [0.15, 0.2) is 5.78 Å². The predicted molar refractivity (Wildman–Crippen MR) is 72.9 cm³/mol. The zero-order chi connectivity index (χ0) is 13.0. The van der Waals surface area contributed by atoms with Gasteiger partial charge in [0.05, 0.1) is 0 Å². The van der Waals surface area contributed by atoms with Gasteiger partial charge in [-0.2, -0.15) is 0 Å². The number of benzene rings is 1. The summed E-state index contributed by atoms with van der Waals surface area (Å²) in [5.41, 5.74) is 2.12. The normalized spacial score (nSPS) is 18.4. The van der Waals surface area contributed by atoms with Crippen LogP contribution in [0.3, 0.4) is 0 Å². The summed E-state index contributed by atoms with van der Waals surface area (Å²) in [4.78, 5) is 12.1. The van der Waals surface area contributed by atoms with Crippen molar-refractivity contribution in [1.82, 2.24) is 0 Å². The molecule has 2 heteroatoms. The Morgan fingerprint density at radius 2 is 2.06 bits per heavy atom. The largest absolute Gasteiger partial charge is 0.381 e. The number of fused-ring (bicyclic) bond motifs is 1. The van der Waals surface area contributed by atoms with E-state index in [1.807, 2.05) is 18.2 Å². The zero-order valence-corrected chi connectivity index (χ0v) is 11.3. The zero-order valence-electron chi connectivity index (χ0n) is 11.3. The Morgan fingerprint density at radius 1 is 1.28 bits per heavy atom. The van der Waals surface area contributed by atoms with E-state index in [1.54, 1.807) is 0 Å². The molecule has 1 aliphatic rings. The first-order valence-corrected chi connectivity index (χ1v) is 6.88. The molecule has 0 N–H and O–H groups in total. The van der Waals surface area contributed by atoms with Crippen molar-refractivity contribution in [3.8, 4) is 0 Å². The number of rotatable bonds is 6. The standard InChI is InChI=1S/C16H22O2/c1-12(2)7-9-18-10-8-14-11-13-5-3-4-6-15(13)16(14)17/h3-6,12,14H,7-11H2,1-2H3. The number of ketones is 1. The Morgan fingerprint density at radius 3 is 2.78 bits per heavy atom. The van der Waals surface area contributed by atoms with Crippen molar-refractivity contribution in [1.29, 1.82) is 0 Å². The molecule has 0 amide bonds. The third kappa shape index (κ3) is 3.20. The molecule has 98 valence electrons. The highest BCUT2D eigenvalue weighted by atomic mass is 16.5. The number of ether oxygens (including phenoxy) is 1. The van der Waals surface area contributed by atoms with E-state index in [0.717, 1.165) is 31.4 Å². The maximum Gasteiger partial charge on any atom is 0.166 e. The molecule has 0 saturated carbocycles. The Balaban J connectivity index is 1.75. The molecule has 2 rings (SSSR count). The molecule has 1 unspecified atom stereocenters. The first-order chi connectivity index (χ1) is 8.68. The second-order valence-corrected chi connectivity index (χ2v) is 5.51. The third-order valence-corrected chi connectivity index (χ3v) is 3.57. The summed E-state index contributed by atoms with van der Waals surface area (Å²) in [6, 6.07) is 7.95. The highest BCUT2D eigenvalue weighted by Crippen LogP contribution is 2.28. The third-order valence-electron chi connectivity index (χ3n) is 3.57. The molecule has 0 aromatic heterocycles. The van der Waals surface area contributed by atoms with Crippen LogP contribution in [0.5, 0.6) is 0 Å². The van der Waals surface area contributed by atoms with Gasteiger partial charge < -0.3 is 4.74 Å². The van der Waals surface area contributed by atoms with Crippen LogP contribution in [-0.4, -0.2) is 19.0 Å². The lowest BCUT2D eigenvalue weighted by molar-refractivity contribution is 0.0841. The van der Waals surface area contributed by atoms with Crippen LogP contribution in [0.1, 0.15) is 42.6 Å². The molecular formula is C16H22O2. The summed E-state index contributed by atoms with van der Waals surface area (Å²) in [6.45, 7) is 5.91. The van der Waals surface area contributed by atoms with E-state index in [1.165, 1.54) is 5.56 Å². The van der Waals surface area contributed by atoms with E-state index in [9.17, 15) is 4.79 Å². The maximum atomic E-state index is 12.1. The summed E-state index contributed by atoms with van der Waals surface area (Å²) in [5.74, 6) is 1.13. The van der Waals surface area contributed by atoms with Crippen molar-refractivity contribution in [3.05, 3.63) is 35.4 Å². The first-order valence-electron chi connectivity index (χ1n) is 6.88. The highest BCUT2D eigenvalue weighted by molar-refractivity contribution is 6.02. The van der Waals surface area contributed by atoms with Gasteiger partial charge in [-0.05, 0) is 30.7 Å². The van der Waals surface area contributed by atoms with E-state index < -0.39 is 0 Å². The number of carbonyl (C=O) groups is 1. The topological polar surface area (TPSA) is 26.3 Å². The minimum atomic E-state index is 0.140. The van der Waals surface area contributed by atoms with Crippen molar-refractivity contribution < 1.29 is 9.53 Å². The van der Waals surface area contributed by atoms with Crippen LogP contribution in [0.25, 0.3) is 0 Å². The summed E-state index contributed by atoms with van der Waals surface area (Å²) < 4.78 is 5.60. The SMILES string of the molecule is CC(C)CCOCCC1Cc2ccccc2C1=O. The Labute approximate surface area is 109 Å². The van der Waals surface area contributed by atoms with Gasteiger partial charge in [0, 0.05) is 24.7 Å². The van der Waals surface area contributed by atoms with Crippen LogP contribution in [0.15, 0.2) is 24.3 Å². The van der Waals surface area contributed by atoms with Crippen molar-refractivity contribution in [2.24, 2.45) is 11.8 Å². The lowest BCUT2D eigenvalue weighted by Gasteiger charge is -2.09. The highest BCUT2D eigenvalue weighted by Gasteiger charge is 2.29. The monoisotopic (exact) mass is 246 g/mol. The van der Waals surface area contributed by atoms with Gasteiger partial charge in [0.1, 0.15) is 0 Å². The van der Waals surface area contributed by atoms with Gasteiger partial charge in [-0.3, -0.25) is 4.79 Å². The molecule has 2 nitrogen and oxygen atoms in total. The molecule has 1 aromatic rings. The van der Waals surface area contributed by atoms with Gasteiger partial charge in [-0.25, -0.2) is 0 Å². The van der Waals surface area contributed by atoms with Crippen LogP contribution in [0.2, 0.25) is 0 Å². The number of Topliss-reactive ketones (excluding diaryl/α,β-unsaturated/α-hetero) is 1. The average molecular weight is 246 g/mol. The molecule has 0 heterocycles. The van der Waals surface area contributed by atoms with Crippen LogP contribution >= 0.6 is 0 Å². The summed E-state index contributed by atoms with van der Waals surface area (Å²) >= 11 is 0. The quantitative estimate of drug-likeness (QED) is 0.718. The second kappa shape index (κ2) is 6.14. The van der Waals surface area contributed by atoms with Crippen LogP contribution in [-0.2, 0) is 11.2 Å². The fourth-order valence-electron chi connectivity index (χ4n) is 2.40. The lowest BCUT2D eigenvalue weighted by Crippen LogP contribution is -2.12. The van der Waals surface area contributed by atoms with Gasteiger partial charge in [-0.1, -0.05) is 38.1 Å². The number of hydrogen-bond acceptors (Lipinski definition) is 2. The van der Waals surface area contributed by atoms with Gasteiger partial charge in [0.25, 0.3) is 0 Å². The lowest BCUT2D eigenvalue weighted by atomic mass is 10.0. The van der Waals surface area contributed by atoms with Crippen molar-refractivity contribution in [2.45, 2.75) is 33.1 Å². The summed E-state index contributed by atoms with van der Waals surface area (Å²) in [6.07, 6.45) is 2.84. The fourth-order valence-corrected chi connectivity index (χ4v) is 2.40. The summed E-state index contributed by atoms with van der Waals surface area (Å²) in [7, 11) is 0. The Hall–Kier alpha value is -1.15. The molecule has 18 heavy (non-hydrogen) atoms. The van der Waals surface area contributed by atoms with Gasteiger partial charge in [-0.15, -0.1) is 0 Å². The average Bonchev–Trinajstić information content (AvgIpc) is 2.66. The summed E-state index contributed by atoms with van der Waals surface area (Å²) in [5, 5.41) is 0. The molecule has 0 aliphatic heterocycles. The molecule has 0 spiro atoms. The Bertz CT molecular complexity index is 409. The first kappa shape index (κ1) is 13.3. The van der Waals surface area contributed by atoms with E-state index >= 15 is 0 Å². The van der Waals surface area contributed by atoms with E-state index in [2.05, 4.69) is 19.9 Å². The predicted octanol–water partition coefficient (Wildman–Crippen LogP) is 3.49. The number of hydrogen-bond donors (Lipinski definition) is 0. The molecular weight excluding hydrogens is 224 g/mol. The molecule has 1 aromatic carbocycles. The van der Waals surface area contributed by atoms with E-state index in [-0.39, 0.29) is 5.92 Å². The minimum Gasteiger partial charge on any atom is -0.381 e. The van der Waals surface area contributed by atoms with Crippen molar-refractivity contribution >= 4 is 5.78 Å². The molecule has 0 saturated heterocycles. The van der Waals surface area contributed by atoms with E-state index in [0.29, 0.717) is 18.3 Å². The molecule has 0 radical (unpaired) electrons. The van der Waals surface area contributed by atoms with Gasteiger partial charge >= 0.3 is 0 Å². The fraction of sp³-hybridized carbons (Fsp3) is 0.562. The van der Waals surface area contributed by atoms with Crippen LogP contribution < -0.4 is 0 Å². The van der Waals surface area contributed by atoms with Crippen LogP contribution in [0.4, 0.5) is 0 Å². The van der Waals surface area contributed by atoms with E-state index in [4.69, 9.17) is 4.74 Å². The van der Waals surface area contributed by atoms with Crippen LogP contribution in [0, 0.1) is 11.8 Å². The second-order valence-electron chi connectivity index (χ2n) is 5.51. The van der Waals surface area contributed by atoms with Gasteiger partial charge in [0.2, 0.25) is 0 Å². The minimum absolute atomic E-state index is 0.140. The molecule has 0 fully saturated rings. The van der Waals surface area contributed by atoms with Crippen molar-refractivity contribution in [2.75, 3.05) is 13.2 Å². The maximum absolute atomic E-state index is 12.1. The molecule has 1 aliphatic carbocycles. The number of carbonyl (C=O) groups excluding carboxylic acids is 1. The molecule has 1 atom stereocenters. The smallest absolute Gasteiger partial charge is 0.166 e. The van der Waals surface area contributed by atoms with Crippen molar-refractivity contribution in [3.63, 3.8) is 0 Å². The molecule has 0 bridgehead atoms.